The van der Waals surface area contributed by atoms with E-state index in [-0.39, 0.29) is 23.5 Å². The van der Waals surface area contributed by atoms with E-state index in [1.54, 1.807) is 24.0 Å². The van der Waals surface area contributed by atoms with E-state index in [9.17, 15) is 28.3 Å². The van der Waals surface area contributed by atoms with Crippen LogP contribution in [0.1, 0.15) is 44.7 Å². The summed E-state index contributed by atoms with van der Waals surface area (Å²) in [5.41, 5.74) is 1.52. The fraction of sp³-hybridized carbons (Fsp3) is 0.423. The normalized spacial score (nSPS) is 19.5. The molecule has 2 aliphatic rings. The number of hydrogen-bond acceptors (Lipinski definition) is 5. The molecule has 8 nitrogen and oxygen atoms in total. The van der Waals surface area contributed by atoms with Gasteiger partial charge in [0.2, 0.25) is 5.91 Å². The second-order valence-corrected chi connectivity index (χ2v) is 9.36. The van der Waals surface area contributed by atoms with Gasteiger partial charge >= 0.3 is 0 Å². The van der Waals surface area contributed by atoms with Gasteiger partial charge in [-0.2, -0.15) is 0 Å². The van der Waals surface area contributed by atoms with Crippen LogP contribution in [-0.4, -0.2) is 72.1 Å². The van der Waals surface area contributed by atoms with E-state index < -0.39 is 41.6 Å². The van der Waals surface area contributed by atoms with Gasteiger partial charge in [-0.1, -0.05) is 0 Å². The van der Waals surface area contributed by atoms with Crippen molar-refractivity contribution in [3.05, 3.63) is 70.3 Å². The summed E-state index contributed by atoms with van der Waals surface area (Å²) >= 11 is 0. The topological polar surface area (TPSA) is 111 Å². The third kappa shape index (κ3) is 6.06. The standard InChI is InChI=1S/C26H30F2N4O4/c1-15-8-17(13-18(9-15)26(36)32-6-2-3-7-32)24(34)31-21(12-16-10-19(27)14-20(28)11-16)23(33)22-25(35)30-5-4-29-22/h8-11,13-14,21-23,29,33H,2-7,12H2,1H3,(H,30,35)(H,31,34). The minimum atomic E-state index is -1.39. The fourth-order valence-corrected chi connectivity index (χ4v) is 4.76. The molecule has 4 N–H and O–H groups in total. The van der Waals surface area contributed by atoms with Crippen LogP contribution < -0.4 is 16.0 Å². The molecule has 0 spiro atoms. The Bertz CT molecular complexity index is 1130. The average Bonchev–Trinajstić information content (AvgIpc) is 3.37. The number of nitrogens with zero attached hydrogens (tertiary/aromatic N) is 1. The second kappa shape index (κ2) is 11.1. The lowest BCUT2D eigenvalue weighted by Crippen LogP contribution is -2.63. The summed E-state index contributed by atoms with van der Waals surface area (Å²) in [4.78, 5) is 40.2. The number of carbonyl (C=O) groups is 3. The van der Waals surface area contributed by atoms with Crippen molar-refractivity contribution in [1.29, 1.82) is 0 Å². The molecule has 2 heterocycles. The van der Waals surface area contributed by atoms with Gasteiger partial charge in [0.1, 0.15) is 17.7 Å². The van der Waals surface area contributed by atoms with Crippen LogP contribution >= 0.6 is 0 Å². The van der Waals surface area contributed by atoms with Crippen LogP contribution in [0.4, 0.5) is 8.78 Å². The van der Waals surface area contributed by atoms with Crippen molar-refractivity contribution in [2.24, 2.45) is 0 Å². The molecule has 0 aromatic heterocycles. The summed E-state index contributed by atoms with van der Waals surface area (Å²) in [5.74, 6) is -2.75. The predicted octanol–water partition coefficient (Wildman–Crippen LogP) is 1.30. The number of nitrogens with one attached hydrogen (secondary N) is 3. The van der Waals surface area contributed by atoms with Crippen LogP contribution in [0.5, 0.6) is 0 Å². The van der Waals surface area contributed by atoms with Crippen LogP contribution in [0.25, 0.3) is 0 Å². The molecule has 192 valence electrons. The molecule has 4 rings (SSSR count). The molecule has 0 aliphatic carbocycles. The quantitative estimate of drug-likeness (QED) is 0.458. The van der Waals surface area contributed by atoms with Crippen LogP contribution in [0.15, 0.2) is 36.4 Å². The maximum Gasteiger partial charge on any atom is 0.253 e. The molecule has 2 saturated heterocycles. The minimum absolute atomic E-state index is 0.127. The number of rotatable bonds is 7. The molecule has 0 radical (unpaired) electrons. The van der Waals surface area contributed by atoms with Crippen LogP contribution in [0.2, 0.25) is 0 Å². The van der Waals surface area contributed by atoms with E-state index >= 15 is 0 Å². The maximum atomic E-state index is 13.8. The van der Waals surface area contributed by atoms with Crippen molar-refractivity contribution in [2.75, 3.05) is 26.2 Å². The lowest BCUT2D eigenvalue weighted by atomic mass is 9.94. The summed E-state index contributed by atoms with van der Waals surface area (Å²) in [5, 5.41) is 19.4. The molecule has 3 unspecified atom stereocenters. The number of amides is 3. The first-order valence-electron chi connectivity index (χ1n) is 12.1. The number of aryl methyl sites for hydroxylation is 1. The highest BCUT2D eigenvalue weighted by Crippen LogP contribution is 2.18. The van der Waals surface area contributed by atoms with E-state index in [4.69, 9.17) is 0 Å². The SMILES string of the molecule is Cc1cc(C(=O)NC(Cc2cc(F)cc(F)c2)C(O)C2NCCNC2=O)cc(C(=O)N2CCCC2)c1. The largest absolute Gasteiger partial charge is 0.389 e. The Hall–Kier alpha value is -3.37. The third-order valence-electron chi connectivity index (χ3n) is 6.50. The summed E-state index contributed by atoms with van der Waals surface area (Å²) < 4.78 is 27.6. The lowest BCUT2D eigenvalue weighted by Gasteiger charge is -2.33. The van der Waals surface area contributed by atoms with E-state index in [0.717, 1.165) is 31.0 Å². The predicted molar refractivity (Wildman–Crippen MR) is 128 cm³/mol. The van der Waals surface area contributed by atoms with Gasteiger partial charge < -0.3 is 26.0 Å². The van der Waals surface area contributed by atoms with Gasteiger partial charge in [-0.3, -0.25) is 14.4 Å². The first-order chi connectivity index (χ1) is 17.2. The van der Waals surface area contributed by atoms with Crippen molar-refractivity contribution < 1.29 is 28.3 Å². The Morgan fingerprint density at radius 3 is 2.39 bits per heavy atom. The molecule has 2 aromatic rings. The summed E-state index contributed by atoms with van der Waals surface area (Å²) in [6, 6.07) is 5.72. The van der Waals surface area contributed by atoms with Crippen LogP contribution in [0.3, 0.4) is 0 Å². The highest BCUT2D eigenvalue weighted by Gasteiger charge is 2.35. The number of piperazine rings is 1. The summed E-state index contributed by atoms with van der Waals surface area (Å²) in [6.07, 6.45) is 0.358. The molecule has 2 aliphatic heterocycles. The third-order valence-corrected chi connectivity index (χ3v) is 6.50. The number of benzene rings is 2. The number of carbonyl (C=O) groups excluding carboxylic acids is 3. The summed E-state index contributed by atoms with van der Waals surface area (Å²) in [6.45, 7) is 3.93. The van der Waals surface area contributed by atoms with Gasteiger partial charge in [-0.15, -0.1) is 0 Å². The van der Waals surface area contributed by atoms with Crippen LogP contribution in [0, 0.1) is 18.6 Å². The highest BCUT2D eigenvalue weighted by molar-refractivity contribution is 6.00. The Balaban J connectivity index is 1.59. The summed E-state index contributed by atoms with van der Waals surface area (Å²) in [7, 11) is 0. The highest BCUT2D eigenvalue weighted by atomic mass is 19.1. The van der Waals surface area contributed by atoms with Gasteiger partial charge in [-0.25, -0.2) is 8.78 Å². The van der Waals surface area contributed by atoms with E-state index in [1.807, 2.05) is 0 Å². The molecule has 2 fully saturated rings. The van der Waals surface area contributed by atoms with Gasteiger partial charge in [0.05, 0.1) is 12.1 Å². The first-order valence-corrected chi connectivity index (χ1v) is 12.1. The Morgan fingerprint density at radius 1 is 1.06 bits per heavy atom. The number of likely N-dealkylation sites (tertiary alicyclic amines) is 1. The second-order valence-electron chi connectivity index (χ2n) is 9.36. The van der Waals surface area contributed by atoms with E-state index in [0.29, 0.717) is 37.3 Å². The Morgan fingerprint density at radius 2 is 1.72 bits per heavy atom. The Kier molecular flexibility index (Phi) is 7.95. The average molecular weight is 501 g/mol. The Labute approximate surface area is 208 Å². The van der Waals surface area contributed by atoms with E-state index in [1.165, 1.54) is 6.07 Å². The van der Waals surface area contributed by atoms with Gasteiger partial charge in [-0.05, 0) is 67.6 Å². The van der Waals surface area contributed by atoms with Crippen molar-refractivity contribution >= 4 is 17.7 Å². The van der Waals surface area contributed by atoms with Gasteiger partial charge in [0.25, 0.3) is 11.8 Å². The zero-order valence-electron chi connectivity index (χ0n) is 20.0. The van der Waals surface area contributed by atoms with Crippen molar-refractivity contribution in [2.45, 2.75) is 44.4 Å². The molecule has 10 heteroatoms. The fourth-order valence-electron chi connectivity index (χ4n) is 4.76. The van der Waals surface area contributed by atoms with E-state index in [2.05, 4.69) is 16.0 Å². The van der Waals surface area contributed by atoms with Gasteiger partial charge in [0, 0.05) is 43.4 Å². The zero-order chi connectivity index (χ0) is 25.8. The zero-order valence-corrected chi connectivity index (χ0v) is 20.0. The lowest BCUT2D eigenvalue weighted by molar-refractivity contribution is -0.127. The smallest absolute Gasteiger partial charge is 0.253 e. The number of aliphatic hydroxyl groups excluding tert-OH is 1. The van der Waals surface area contributed by atoms with Crippen LogP contribution in [-0.2, 0) is 11.2 Å². The molecule has 0 bridgehead atoms. The molecule has 3 amide bonds. The number of aliphatic hydroxyl groups is 1. The molecular formula is C26H30F2N4O4. The molecule has 3 atom stereocenters. The van der Waals surface area contributed by atoms with Crippen molar-refractivity contribution in [1.82, 2.24) is 20.9 Å². The number of hydrogen-bond donors (Lipinski definition) is 4. The van der Waals surface area contributed by atoms with Crippen molar-refractivity contribution in [3.63, 3.8) is 0 Å². The first kappa shape index (κ1) is 25.7. The maximum absolute atomic E-state index is 13.8. The molecular weight excluding hydrogens is 470 g/mol. The molecule has 0 saturated carbocycles. The van der Waals surface area contributed by atoms with Gasteiger partial charge in [0.15, 0.2) is 0 Å². The molecule has 2 aromatic carbocycles. The number of halogens is 2. The minimum Gasteiger partial charge on any atom is -0.389 e. The molecule has 36 heavy (non-hydrogen) atoms. The van der Waals surface area contributed by atoms with Crippen molar-refractivity contribution in [3.8, 4) is 0 Å². The monoisotopic (exact) mass is 500 g/mol.